The number of aliphatic imine (C=N–C) groups is 1. The van der Waals surface area contributed by atoms with Gasteiger partial charge in [-0.25, -0.2) is 0 Å². The summed E-state index contributed by atoms with van der Waals surface area (Å²) < 4.78 is 0. The zero-order chi connectivity index (χ0) is 20.4. The molecule has 0 atom stereocenters. The number of aliphatic hydroxyl groups is 1. The zero-order valence-electron chi connectivity index (χ0n) is 18.8. The Morgan fingerprint density at radius 3 is 2.34 bits per heavy atom. The van der Waals surface area contributed by atoms with Gasteiger partial charge in [-0.1, -0.05) is 25.7 Å². The first-order valence-electron chi connectivity index (χ1n) is 12.4. The number of nitrogens with one attached hydrogen (secondary N) is 2. The van der Waals surface area contributed by atoms with Crippen molar-refractivity contribution in [1.82, 2.24) is 20.4 Å². The molecule has 0 aromatic rings. The predicted octanol–water partition coefficient (Wildman–Crippen LogP) is 2.58. The molecular weight excluding hydrogens is 362 g/mol. The molecule has 6 nitrogen and oxygen atoms in total. The average Bonchev–Trinajstić information content (AvgIpc) is 2.77. The third kappa shape index (κ3) is 7.11. The summed E-state index contributed by atoms with van der Waals surface area (Å²) in [7, 11) is 0. The van der Waals surface area contributed by atoms with Gasteiger partial charge in [0.25, 0.3) is 0 Å². The Labute approximate surface area is 178 Å². The van der Waals surface area contributed by atoms with Gasteiger partial charge in [0.05, 0.1) is 12.6 Å². The molecule has 3 aliphatic rings. The first-order valence-corrected chi connectivity index (χ1v) is 12.4. The standard InChI is InChI=1S/C23H45N5O/c1-2-24-22(25-14-9-15-27-18-10-21(29)11-19-27)26-20-23(12-5-3-6-13-23)28-16-7-4-8-17-28/h21,29H,2-20H2,1H3,(H2,24,25,26). The van der Waals surface area contributed by atoms with Crippen LogP contribution in [0.15, 0.2) is 4.99 Å². The number of hydrogen-bond donors (Lipinski definition) is 3. The normalized spacial score (nSPS) is 25.1. The van der Waals surface area contributed by atoms with Gasteiger partial charge in [-0.2, -0.15) is 0 Å². The number of guanidine groups is 1. The third-order valence-electron chi connectivity index (χ3n) is 7.19. The van der Waals surface area contributed by atoms with Crippen LogP contribution < -0.4 is 10.6 Å². The Morgan fingerprint density at radius 1 is 0.966 bits per heavy atom. The number of aliphatic hydroxyl groups excluding tert-OH is 1. The number of rotatable bonds is 8. The van der Waals surface area contributed by atoms with Gasteiger partial charge >= 0.3 is 0 Å². The van der Waals surface area contributed by atoms with Crippen LogP contribution in [0.4, 0.5) is 0 Å². The smallest absolute Gasteiger partial charge is 0.191 e. The molecule has 1 aliphatic carbocycles. The van der Waals surface area contributed by atoms with Crippen LogP contribution in [0.25, 0.3) is 0 Å². The minimum atomic E-state index is -0.0797. The molecule has 6 heteroatoms. The van der Waals surface area contributed by atoms with E-state index in [-0.39, 0.29) is 6.10 Å². The highest BCUT2D eigenvalue weighted by molar-refractivity contribution is 5.79. The maximum atomic E-state index is 9.65. The maximum Gasteiger partial charge on any atom is 0.191 e. The van der Waals surface area contributed by atoms with Gasteiger partial charge < -0.3 is 20.6 Å². The molecule has 0 aromatic carbocycles. The molecule has 3 N–H and O–H groups in total. The van der Waals surface area contributed by atoms with Gasteiger partial charge in [-0.15, -0.1) is 0 Å². The summed E-state index contributed by atoms with van der Waals surface area (Å²) in [5, 5.41) is 16.7. The van der Waals surface area contributed by atoms with Crippen molar-refractivity contribution in [1.29, 1.82) is 0 Å². The van der Waals surface area contributed by atoms with Crippen molar-refractivity contribution in [2.75, 3.05) is 52.4 Å². The SMILES string of the molecule is CCNC(=NCC1(N2CCCCC2)CCCCC1)NCCCN1CCC(O)CC1. The molecule has 1 saturated carbocycles. The summed E-state index contributed by atoms with van der Waals surface area (Å²) in [5.41, 5.74) is 0.301. The monoisotopic (exact) mass is 407 g/mol. The Kier molecular flexibility index (Phi) is 9.53. The first-order chi connectivity index (χ1) is 14.2. The lowest BCUT2D eigenvalue weighted by atomic mass is 9.79. The van der Waals surface area contributed by atoms with E-state index in [0.717, 1.165) is 64.5 Å². The first kappa shape index (κ1) is 22.8. The van der Waals surface area contributed by atoms with Crippen LogP contribution in [-0.4, -0.2) is 84.9 Å². The van der Waals surface area contributed by atoms with Crippen LogP contribution >= 0.6 is 0 Å². The highest BCUT2D eigenvalue weighted by atomic mass is 16.3. The van der Waals surface area contributed by atoms with Crippen molar-refractivity contribution < 1.29 is 5.11 Å². The Morgan fingerprint density at radius 2 is 1.66 bits per heavy atom. The third-order valence-corrected chi connectivity index (χ3v) is 7.19. The number of piperidine rings is 2. The van der Waals surface area contributed by atoms with Crippen molar-refractivity contribution in [2.45, 2.75) is 89.2 Å². The van der Waals surface area contributed by atoms with Gasteiger partial charge in [0.1, 0.15) is 0 Å². The average molecular weight is 408 g/mol. The molecule has 168 valence electrons. The summed E-state index contributed by atoms with van der Waals surface area (Å²) in [6.45, 7) is 10.7. The molecule has 29 heavy (non-hydrogen) atoms. The van der Waals surface area contributed by atoms with Gasteiger partial charge in [-0.05, 0) is 71.5 Å². The van der Waals surface area contributed by atoms with Crippen LogP contribution in [0.3, 0.4) is 0 Å². The molecule has 3 rings (SSSR count). The van der Waals surface area contributed by atoms with Crippen molar-refractivity contribution in [3.8, 4) is 0 Å². The van der Waals surface area contributed by atoms with Gasteiger partial charge in [0.2, 0.25) is 0 Å². The minimum Gasteiger partial charge on any atom is -0.393 e. The predicted molar refractivity (Wildman–Crippen MR) is 122 cm³/mol. The second kappa shape index (κ2) is 12.1. The van der Waals surface area contributed by atoms with E-state index in [2.05, 4.69) is 27.4 Å². The van der Waals surface area contributed by atoms with E-state index in [4.69, 9.17) is 4.99 Å². The van der Waals surface area contributed by atoms with Crippen molar-refractivity contribution in [3.05, 3.63) is 0 Å². The van der Waals surface area contributed by atoms with Gasteiger partial charge in [-0.3, -0.25) is 9.89 Å². The molecule has 0 amide bonds. The van der Waals surface area contributed by atoms with Crippen LogP contribution in [0.5, 0.6) is 0 Å². The zero-order valence-corrected chi connectivity index (χ0v) is 18.8. The fourth-order valence-electron chi connectivity index (χ4n) is 5.37. The molecule has 2 aliphatic heterocycles. The van der Waals surface area contributed by atoms with Crippen LogP contribution in [0.2, 0.25) is 0 Å². The van der Waals surface area contributed by atoms with Crippen LogP contribution in [0.1, 0.15) is 77.6 Å². The lowest BCUT2D eigenvalue weighted by Crippen LogP contribution is -2.54. The van der Waals surface area contributed by atoms with Gasteiger partial charge in [0, 0.05) is 31.7 Å². The van der Waals surface area contributed by atoms with Crippen LogP contribution in [-0.2, 0) is 0 Å². The van der Waals surface area contributed by atoms with Crippen molar-refractivity contribution in [2.24, 2.45) is 4.99 Å². The van der Waals surface area contributed by atoms with Crippen molar-refractivity contribution >= 4 is 5.96 Å². The van der Waals surface area contributed by atoms with E-state index >= 15 is 0 Å². The second-order valence-corrected chi connectivity index (χ2v) is 9.38. The van der Waals surface area contributed by atoms with E-state index in [9.17, 15) is 5.11 Å². The lowest BCUT2D eigenvalue weighted by molar-refractivity contribution is 0.0407. The molecule has 0 bridgehead atoms. The fourth-order valence-corrected chi connectivity index (χ4v) is 5.37. The Balaban J connectivity index is 1.48. The Hall–Kier alpha value is -0.850. The van der Waals surface area contributed by atoms with Gasteiger partial charge in [0.15, 0.2) is 5.96 Å². The summed E-state index contributed by atoms with van der Waals surface area (Å²) in [4.78, 5) is 10.3. The molecule has 0 aromatic heterocycles. The molecule has 0 unspecified atom stereocenters. The molecule has 2 saturated heterocycles. The number of nitrogens with zero attached hydrogens (tertiary/aromatic N) is 3. The molecular formula is C23H45N5O. The summed E-state index contributed by atoms with van der Waals surface area (Å²) >= 11 is 0. The van der Waals surface area contributed by atoms with E-state index in [1.54, 1.807) is 0 Å². The van der Waals surface area contributed by atoms with Crippen molar-refractivity contribution in [3.63, 3.8) is 0 Å². The summed E-state index contributed by atoms with van der Waals surface area (Å²) in [5.74, 6) is 0.989. The highest BCUT2D eigenvalue weighted by Gasteiger charge is 2.38. The quantitative estimate of drug-likeness (QED) is 0.328. The van der Waals surface area contributed by atoms with E-state index in [1.165, 1.54) is 64.5 Å². The van der Waals surface area contributed by atoms with Crippen LogP contribution in [0, 0.1) is 0 Å². The van der Waals surface area contributed by atoms with E-state index < -0.39 is 0 Å². The molecule has 0 radical (unpaired) electrons. The topological polar surface area (TPSA) is 63.1 Å². The van der Waals surface area contributed by atoms with E-state index in [0.29, 0.717) is 5.54 Å². The Bertz CT molecular complexity index is 478. The number of likely N-dealkylation sites (tertiary alicyclic amines) is 2. The molecule has 3 fully saturated rings. The molecule has 2 heterocycles. The lowest BCUT2D eigenvalue weighted by Gasteiger charge is -2.47. The minimum absolute atomic E-state index is 0.0797. The number of hydrogen-bond acceptors (Lipinski definition) is 4. The maximum absolute atomic E-state index is 9.65. The highest BCUT2D eigenvalue weighted by Crippen LogP contribution is 2.35. The fraction of sp³-hybridized carbons (Fsp3) is 0.957. The second-order valence-electron chi connectivity index (χ2n) is 9.38. The summed E-state index contributed by atoms with van der Waals surface area (Å²) in [6.07, 6.45) is 13.8. The largest absolute Gasteiger partial charge is 0.393 e. The molecule has 0 spiro atoms. The summed E-state index contributed by atoms with van der Waals surface area (Å²) in [6, 6.07) is 0. The van der Waals surface area contributed by atoms with E-state index in [1.807, 2.05) is 0 Å².